The van der Waals surface area contributed by atoms with E-state index < -0.39 is 41.6 Å². The van der Waals surface area contributed by atoms with Crippen LogP contribution in [0.2, 0.25) is 0 Å². The molecule has 4 heterocycles. The van der Waals surface area contributed by atoms with Crippen molar-refractivity contribution in [2.24, 2.45) is 11.8 Å². The van der Waals surface area contributed by atoms with Gasteiger partial charge in [0, 0.05) is 44.2 Å². The van der Waals surface area contributed by atoms with Crippen molar-refractivity contribution >= 4 is 41.2 Å². The van der Waals surface area contributed by atoms with Gasteiger partial charge in [-0.25, -0.2) is 0 Å². The number of amides is 5. The van der Waals surface area contributed by atoms with Gasteiger partial charge in [-0.15, -0.1) is 0 Å². The second-order valence-electron chi connectivity index (χ2n) is 9.55. The average molecular weight is 482 g/mol. The fourth-order valence-corrected chi connectivity index (χ4v) is 5.46. The predicted molar refractivity (Wildman–Crippen MR) is 120 cm³/mol. The van der Waals surface area contributed by atoms with Gasteiger partial charge in [-0.2, -0.15) is 0 Å². The molecule has 11 heteroatoms. The molecule has 3 saturated heterocycles. The van der Waals surface area contributed by atoms with Crippen LogP contribution in [0.4, 0.5) is 5.69 Å². The Balaban J connectivity index is 1.24. The van der Waals surface area contributed by atoms with E-state index in [1.807, 2.05) is 0 Å². The molecule has 4 aliphatic heterocycles. The van der Waals surface area contributed by atoms with Gasteiger partial charge in [0.1, 0.15) is 6.04 Å². The molecular formula is C24H26N4O7. The zero-order valence-electron chi connectivity index (χ0n) is 19.1. The maximum absolute atomic E-state index is 13.1. The molecule has 184 valence electrons. The summed E-state index contributed by atoms with van der Waals surface area (Å²) >= 11 is 0. The molecule has 3 fully saturated rings. The van der Waals surface area contributed by atoms with E-state index in [0.29, 0.717) is 38.9 Å². The number of carbonyl (C=O) groups excluding carboxylic acids is 5. The van der Waals surface area contributed by atoms with Crippen LogP contribution in [0.5, 0.6) is 0 Å². The number of piperidine rings is 2. The Hall–Kier alpha value is -3.76. The Kier molecular flexibility index (Phi) is 5.78. The number of fused-ring (bicyclic) bond motifs is 1. The lowest BCUT2D eigenvalue weighted by atomic mass is 9.94. The number of likely N-dealkylation sites (tertiary alicyclic amines) is 1. The zero-order chi connectivity index (χ0) is 24.9. The number of carboxylic acids is 1. The minimum Gasteiger partial charge on any atom is -0.481 e. The minimum absolute atomic E-state index is 0.00279. The minimum atomic E-state index is -1.00. The number of aliphatic carboxylic acids is 1. The summed E-state index contributed by atoms with van der Waals surface area (Å²) in [4.78, 5) is 78.3. The van der Waals surface area contributed by atoms with Crippen molar-refractivity contribution in [3.8, 4) is 0 Å². The van der Waals surface area contributed by atoms with Crippen LogP contribution in [0, 0.1) is 11.8 Å². The van der Waals surface area contributed by atoms with E-state index in [9.17, 15) is 33.9 Å². The highest BCUT2D eigenvalue weighted by Crippen LogP contribution is 2.33. The van der Waals surface area contributed by atoms with Crippen molar-refractivity contribution in [2.45, 2.75) is 38.1 Å². The highest BCUT2D eigenvalue weighted by atomic mass is 16.4. The molecule has 5 rings (SSSR count). The normalized spacial score (nSPS) is 25.2. The molecule has 4 aliphatic rings. The van der Waals surface area contributed by atoms with Gasteiger partial charge < -0.3 is 14.9 Å². The van der Waals surface area contributed by atoms with E-state index in [-0.39, 0.29) is 42.3 Å². The molecule has 2 N–H and O–H groups in total. The van der Waals surface area contributed by atoms with Crippen molar-refractivity contribution < 1.29 is 33.9 Å². The van der Waals surface area contributed by atoms with Gasteiger partial charge in [0.15, 0.2) is 0 Å². The lowest BCUT2D eigenvalue weighted by Gasteiger charge is -2.34. The van der Waals surface area contributed by atoms with Crippen LogP contribution in [0.3, 0.4) is 0 Å². The van der Waals surface area contributed by atoms with Crippen LogP contribution >= 0.6 is 0 Å². The maximum atomic E-state index is 13.1. The molecule has 0 saturated carbocycles. The smallest absolute Gasteiger partial charge is 0.308 e. The molecule has 5 amide bonds. The maximum Gasteiger partial charge on any atom is 0.308 e. The van der Waals surface area contributed by atoms with E-state index in [1.165, 1.54) is 0 Å². The Bertz CT molecular complexity index is 1140. The first-order valence-corrected chi connectivity index (χ1v) is 11.9. The third-order valence-electron chi connectivity index (χ3n) is 7.48. The molecule has 1 aromatic rings. The first kappa shape index (κ1) is 23.0. The van der Waals surface area contributed by atoms with Gasteiger partial charge in [0.05, 0.1) is 17.0 Å². The summed E-state index contributed by atoms with van der Waals surface area (Å²) < 4.78 is 0. The zero-order valence-corrected chi connectivity index (χ0v) is 19.1. The van der Waals surface area contributed by atoms with E-state index in [2.05, 4.69) is 10.2 Å². The monoisotopic (exact) mass is 482 g/mol. The summed E-state index contributed by atoms with van der Waals surface area (Å²) in [6, 6.07) is 4.00. The van der Waals surface area contributed by atoms with Crippen LogP contribution in [-0.4, -0.2) is 82.6 Å². The Morgan fingerprint density at radius 1 is 0.886 bits per heavy atom. The number of carbonyl (C=O) groups is 6. The topological polar surface area (TPSA) is 144 Å². The number of anilines is 1. The molecule has 0 radical (unpaired) electrons. The van der Waals surface area contributed by atoms with Gasteiger partial charge in [-0.1, -0.05) is 0 Å². The predicted octanol–water partition coefficient (Wildman–Crippen LogP) is 0.237. The summed E-state index contributed by atoms with van der Waals surface area (Å²) in [7, 11) is 0. The summed E-state index contributed by atoms with van der Waals surface area (Å²) in [5.41, 5.74) is 1.22. The third-order valence-corrected chi connectivity index (χ3v) is 7.48. The molecule has 1 aromatic carbocycles. The lowest BCUT2D eigenvalue weighted by molar-refractivity contribution is -0.142. The summed E-state index contributed by atoms with van der Waals surface area (Å²) in [6.07, 6.45) is 1.88. The number of carboxylic acid groups (broad SMARTS) is 1. The number of nitrogens with one attached hydrogen (secondary N) is 1. The second-order valence-corrected chi connectivity index (χ2v) is 9.55. The molecule has 35 heavy (non-hydrogen) atoms. The largest absolute Gasteiger partial charge is 0.481 e. The van der Waals surface area contributed by atoms with Crippen LogP contribution in [0.25, 0.3) is 0 Å². The molecule has 2 unspecified atom stereocenters. The molecule has 0 aromatic heterocycles. The fraction of sp³-hybridized carbons (Fsp3) is 0.500. The van der Waals surface area contributed by atoms with Crippen molar-refractivity contribution in [3.63, 3.8) is 0 Å². The first-order valence-electron chi connectivity index (χ1n) is 11.9. The molecule has 2 atom stereocenters. The number of hydrogen-bond donors (Lipinski definition) is 2. The van der Waals surface area contributed by atoms with Gasteiger partial charge in [0.2, 0.25) is 17.7 Å². The molecule has 11 nitrogen and oxygen atoms in total. The second kappa shape index (κ2) is 8.79. The Morgan fingerprint density at radius 2 is 1.57 bits per heavy atom. The SMILES string of the molecule is O=C1CCC(N2C(=O)c3ccc(N4CCC(C(=O)N5CCC(C(=O)O)C5)CC4)cc3C2=O)C(=O)N1. The van der Waals surface area contributed by atoms with Crippen LogP contribution in [0.1, 0.15) is 52.8 Å². The van der Waals surface area contributed by atoms with Gasteiger partial charge in [-0.3, -0.25) is 39.0 Å². The Labute approximate surface area is 201 Å². The van der Waals surface area contributed by atoms with Crippen molar-refractivity contribution in [1.29, 1.82) is 0 Å². The summed E-state index contributed by atoms with van der Waals surface area (Å²) in [6.45, 7) is 1.91. The summed E-state index contributed by atoms with van der Waals surface area (Å²) in [5.74, 6) is -3.67. The van der Waals surface area contributed by atoms with Crippen LogP contribution in [-0.2, 0) is 19.2 Å². The van der Waals surface area contributed by atoms with Gasteiger partial charge in [0.25, 0.3) is 11.8 Å². The average Bonchev–Trinajstić information content (AvgIpc) is 3.43. The highest BCUT2D eigenvalue weighted by Gasteiger charge is 2.45. The fourth-order valence-electron chi connectivity index (χ4n) is 5.46. The highest BCUT2D eigenvalue weighted by molar-refractivity contribution is 6.23. The quantitative estimate of drug-likeness (QED) is 0.581. The van der Waals surface area contributed by atoms with E-state index in [0.717, 1.165) is 10.6 Å². The third kappa shape index (κ3) is 4.04. The van der Waals surface area contributed by atoms with Crippen molar-refractivity contribution in [2.75, 3.05) is 31.1 Å². The van der Waals surface area contributed by atoms with Crippen LogP contribution in [0.15, 0.2) is 18.2 Å². The van der Waals surface area contributed by atoms with E-state index >= 15 is 0 Å². The van der Waals surface area contributed by atoms with Crippen LogP contribution < -0.4 is 10.2 Å². The lowest BCUT2D eigenvalue weighted by Crippen LogP contribution is -2.54. The van der Waals surface area contributed by atoms with Gasteiger partial charge in [-0.05, 0) is 43.9 Å². The number of rotatable bonds is 4. The number of imide groups is 2. The van der Waals surface area contributed by atoms with Crippen molar-refractivity contribution in [3.05, 3.63) is 29.3 Å². The van der Waals surface area contributed by atoms with E-state index in [1.54, 1.807) is 23.1 Å². The molecule has 0 bridgehead atoms. The Morgan fingerprint density at radius 3 is 2.23 bits per heavy atom. The standard InChI is InChI=1S/C24H26N4O7/c29-19-4-3-18(20(30)25-19)28-22(32)16-2-1-15(11-17(16)23(28)33)26-8-5-13(6-9-26)21(31)27-10-7-14(12-27)24(34)35/h1-2,11,13-14,18H,3-10,12H2,(H,34,35)(H,25,29,30). The molecule has 0 spiro atoms. The molecular weight excluding hydrogens is 456 g/mol. The first-order chi connectivity index (χ1) is 16.7. The number of nitrogens with zero attached hydrogens (tertiary/aromatic N) is 3. The number of hydrogen-bond acceptors (Lipinski definition) is 7. The summed E-state index contributed by atoms with van der Waals surface area (Å²) in [5, 5.41) is 11.4. The van der Waals surface area contributed by atoms with E-state index in [4.69, 9.17) is 0 Å². The number of benzene rings is 1. The molecule has 0 aliphatic carbocycles. The van der Waals surface area contributed by atoms with Gasteiger partial charge >= 0.3 is 5.97 Å². The van der Waals surface area contributed by atoms with Crippen molar-refractivity contribution in [1.82, 2.24) is 15.1 Å².